The number of hydrogen-bond donors (Lipinski definition) is 1. The maximum Gasteiger partial charge on any atom is 0.253 e. The lowest BCUT2D eigenvalue weighted by Gasteiger charge is -2.26. The summed E-state index contributed by atoms with van der Waals surface area (Å²) in [7, 11) is 3.87. The van der Waals surface area contributed by atoms with Crippen LogP contribution < -0.4 is 0 Å². The van der Waals surface area contributed by atoms with E-state index in [-0.39, 0.29) is 10.8 Å². The van der Waals surface area contributed by atoms with Crippen molar-refractivity contribution in [3.05, 3.63) is 29.6 Å². The SMILES string of the molecule is CN(CC1CCCN1C)C(=O)c1ccc(F)c(S)c1. The highest BCUT2D eigenvalue weighted by atomic mass is 32.1. The van der Waals surface area contributed by atoms with Crippen LogP contribution in [0.25, 0.3) is 0 Å². The first kappa shape index (κ1) is 14.3. The number of carbonyl (C=O) groups excluding carboxylic acids is 1. The van der Waals surface area contributed by atoms with Gasteiger partial charge in [-0.15, -0.1) is 12.6 Å². The summed E-state index contributed by atoms with van der Waals surface area (Å²) >= 11 is 4.01. The molecule has 1 atom stereocenters. The minimum atomic E-state index is -0.405. The molecule has 104 valence electrons. The molecule has 0 radical (unpaired) electrons. The lowest BCUT2D eigenvalue weighted by Crippen LogP contribution is -2.39. The number of likely N-dealkylation sites (tertiary alicyclic amines) is 1. The number of carbonyl (C=O) groups is 1. The van der Waals surface area contributed by atoms with Crippen molar-refractivity contribution >= 4 is 18.5 Å². The Kier molecular flexibility index (Phi) is 4.47. The van der Waals surface area contributed by atoms with Crippen molar-refractivity contribution in [3.8, 4) is 0 Å². The van der Waals surface area contributed by atoms with Crippen molar-refractivity contribution in [3.63, 3.8) is 0 Å². The molecule has 19 heavy (non-hydrogen) atoms. The molecule has 1 unspecified atom stereocenters. The van der Waals surface area contributed by atoms with Crippen LogP contribution in [0.2, 0.25) is 0 Å². The van der Waals surface area contributed by atoms with E-state index in [4.69, 9.17) is 0 Å². The van der Waals surface area contributed by atoms with Gasteiger partial charge in [0.05, 0.1) is 0 Å². The monoisotopic (exact) mass is 282 g/mol. The Labute approximate surface area is 118 Å². The predicted molar refractivity (Wildman–Crippen MR) is 76.3 cm³/mol. The maximum atomic E-state index is 13.1. The average molecular weight is 282 g/mol. The Balaban J connectivity index is 2.03. The maximum absolute atomic E-state index is 13.1. The van der Waals surface area contributed by atoms with Crippen molar-refractivity contribution in [1.29, 1.82) is 0 Å². The number of likely N-dealkylation sites (N-methyl/N-ethyl adjacent to an activating group) is 2. The molecule has 5 heteroatoms. The van der Waals surface area contributed by atoms with E-state index in [1.165, 1.54) is 24.6 Å². The third-order valence-electron chi connectivity index (χ3n) is 3.70. The summed E-state index contributed by atoms with van der Waals surface area (Å²) in [6.45, 7) is 1.79. The summed E-state index contributed by atoms with van der Waals surface area (Å²) in [5.41, 5.74) is 0.481. The van der Waals surface area contributed by atoms with Crippen molar-refractivity contribution in [2.24, 2.45) is 0 Å². The van der Waals surface area contributed by atoms with Gasteiger partial charge in [-0.2, -0.15) is 0 Å². The largest absolute Gasteiger partial charge is 0.340 e. The van der Waals surface area contributed by atoms with Gasteiger partial charge in [0.15, 0.2) is 0 Å². The first-order valence-electron chi connectivity index (χ1n) is 6.43. The van der Waals surface area contributed by atoms with Gasteiger partial charge >= 0.3 is 0 Å². The number of thiol groups is 1. The Morgan fingerprint density at radius 1 is 1.58 bits per heavy atom. The Bertz CT molecular complexity index is 481. The summed E-state index contributed by atoms with van der Waals surface area (Å²) in [6.07, 6.45) is 2.30. The molecule has 2 rings (SSSR count). The first-order chi connectivity index (χ1) is 8.99. The molecular formula is C14H19FN2OS. The third-order valence-corrected chi connectivity index (χ3v) is 4.04. The van der Waals surface area contributed by atoms with Crippen molar-refractivity contribution in [2.75, 3.05) is 27.2 Å². The van der Waals surface area contributed by atoms with E-state index in [2.05, 4.69) is 24.6 Å². The molecule has 1 saturated heterocycles. The van der Waals surface area contributed by atoms with Gasteiger partial charge < -0.3 is 9.80 Å². The number of nitrogens with zero attached hydrogens (tertiary/aromatic N) is 2. The van der Waals surface area contributed by atoms with Crippen LogP contribution in [0.3, 0.4) is 0 Å². The fourth-order valence-electron chi connectivity index (χ4n) is 2.48. The second-order valence-electron chi connectivity index (χ2n) is 5.13. The highest BCUT2D eigenvalue weighted by molar-refractivity contribution is 7.80. The number of hydrogen-bond acceptors (Lipinski definition) is 3. The van der Waals surface area contributed by atoms with Gasteiger partial charge in [0.2, 0.25) is 0 Å². The van der Waals surface area contributed by atoms with Gasteiger partial charge in [-0.25, -0.2) is 4.39 Å². The van der Waals surface area contributed by atoms with Crippen LogP contribution in [-0.2, 0) is 0 Å². The van der Waals surface area contributed by atoms with Crippen LogP contribution in [0.5, 0.6) is 0 Å². The zero-order valence-corrected chi connectivity index (χ0v) is 12.2. The molecular weight excluding hydrogens is 263 g/mol. The van der Waals surface area contributed by atoms with Crippen LogP contribution >= 0.6 is 12.6 Å². The van der Waals surface area contributed by atoms with E-state index in [0.717, 1.165) is 13.0 Å². The van der Waals surface area contributed by atoms with Crippen molar-refractivity contribution < 1.29 is 9.18 Å². The van der Waals surface area contributed by atoms with Crippen LogP contribution in [0, 0.1) is 5.82 Å². The standard InChI is InChI=1S/C14H19FN2OS/c1-16-7-3-4-11(16)9-17(2)14(18)10-5-6-12(15)13(19)8-10/h5-6,8,11,19H,3-4,7,9H2,1-2H3. The fourth-order valence-corrected chi connectivity index (χ4v) is 2.69. The molecule has 0 spiro atoms. The molecule has 1 aliphatic rings. The third kappa shape index (κ3) is 3.28. The van der Waals surface area contributed by atoms with Gasteiger partial charge in [0.1, 0.15) is 5.82 Å². The molecule has 0 bridgehead atoms. The first-order valence-corrected chi connectivity index (χ1v) is 6.88. The smallest absolute Gasteiger partial charge is 0.253 e. The van der Waals surface area contributed by atoms with Gasteiger partial charge in [0.25, 0.3) is 5.91 Å². The van der Waals surface area contributed by atoms with Gasteiger partial charge in [0, 0.05) is 30.1 Å². The number of rotatable bonds is 3. The normalized spacial score (nSPS) is 19.7. The molecule has 1 fully saturated rings. The van der Waals surface area contributed by atoms with E-state index < -0.39 is 5.82 Å². The Hall–Kier alpha value is -1.07. The zero-order valence-electron chi connectivity index (χ0n) is 11.3. The Morgan fingerprint density at radius 3 is 2.89 bits per heavy atom. The summed E-state index contributed by atoms with van der Waals surface area (Å²) in [5, 5.41) is 0. The van der Waals surface area contributed by atoms with Crippen LogP contribution in [0.1, 0.15) is 23.2 Å². The average Bonchev–Trinajstić information content (AvgIpc) is 2.77. The second-order valence-corrected chi connectivity index (χ2v) is 5.61. The lowest BCUT2D eigenvalue weighted by atomic mass is 10.1. The van der Waals surface area contributed by atoms with Crippen LogP contribution in [0.4, 0.5) is 4.39 Å². The molecule has 0 saturated carbocycles. The highest BCUT2D eigenvalue weighted by Gasteiger charge is 2.24. The molecule has 0 N–H and O–H groups in total. The molecule has 1 heterocycles. The minimum Gasteiger partial charge on any atom is -0.340 e. The number of halogens is 1. The van der Waals surface area contributed by atoms with Crippen LogP contribution in [-0.4, -0.2) is 48.9 Å². The molecule has 0 aromatic heterocycles. The zero-order chi connectivity index (χ0) is 14.0. The summed E-state index contributed by atoms with van der Waals surface area (Å²) in [6, 6.07) is 4.69. The van der Waals surface area contributed by atoms with Gasteiger partial charge in [-0.05, 0) is 44.6 Å². The molecule has 1 aromatic carbocycles. The molecule has 1 amide bonds. The minimum absolute atomic E-state index is 0.0874. The molecule has 0 aliphatic carbocycles. The van der Waals surface area contributed by atoms with Crippen molar-refractivity contribution in [1.82, 2.24) is 9.80 Å². The highest BCUT2D eigenvalue weighted by Crippen LogP contribution is 2.18. The Morgan fingerprint density at radius 2 is 2.32 bits per heavy atom. The van der Waals surface area contributed by atoms with Crippen molar-refractivity contribution in [2.45, 2.75) is 23.8 Å². The molecule has 1 aromatic rings. The van der Waals surface area contributed by atoms with Gasteiger partial charge in [-0.3, -0.25) is 4.79 Å². The van der Waals surface area contributed by atoms with E-state index in [9.17, 15) is 9.18 Å². The van der Waals surface area contributed by atoms with E-state index in [1.54, 1.807) is 11.9 Å². The lowest BCUT2D eigenvalue weighted by molar-refractivity contribution is 0.0761. The van der Waals surface area contributed by atoms with E-state index in [1.807, 2.05) is 0 Å². The molecule has 1 aliphatic heterocycles. The molecule has 3 nitrogen and oxygen atoms in total. The van der Waals surface area contributed by atoms with E-state index >= 15 is 0 Å². The van der Waals surface area contributed by atoms with Crippen LogP contribution in [0.15, 0.2) is 23.1 Å². The summed E-state index contributed by atoms with van der Waals surface area (Å²) in [5.74, 6) is -0.492. The topological polar surface area (TPSA) is 23.6 Å². The van der Waals surface area contributed by atoms with E-state index in [0.29, 0.717) is 18.2 Å². The quantitative estimate of drug-likeness (QED) is 0.860. The fraction of sp³-hybridized carbons (Fsp3) is 0.500. The number of benzene rings is 1. The number of amides is 1. The van der Waals surface area contributed by atoms with Gasteiger partial charge in [-0.1, -0.05) is 0 Å². The summed E-state index contributed by atoms with van der Waals surface area (Å²) < 4.78 is 13.1. The second kappa shape index (κ2) is 5.92. The predicted octanol–water partition coefficient (Wildman–Crippen LogP) is 2.28. The summed E-state index contributed by atoms with van der Waals surface area (Å²) in [4.78, 5) is 16.4.